The number of benzene rings is 4. The lowest BCUT2D eigenvalue weighted by molar-refractivity contribution is -0.122. The van der Waals surface area contributed by atoms with Crippen molar-refractivity contribution in [1.29, 1.82) is 0 Å². The molecule has 0 fully saturated rings. The Morgan fingerprint density at radius 2 is 1.50 bits per heavy atom. The molecule has 0 heterocycles. The number of nitrogens with one attached hydrogen (secondary N) is 2. The Hall–Kier alpha value is -4.07. The molecule has 0 saturated carbocycles. The minimum Gasteiger partial charge on any atom is -0.488 e. The molecule has 4 rings (SSSR count). The van der Waals surface area contributed by atoms with Gasteiger partial charge in [0, 0.05) is 19.2 Å². The number of aliphatic hydroxyl groups is 1. The zero-order valence-corrected chi connectivity index (χ0v) is 24.2. The molecule has 3 N–H and O–H groups in total. The van der Waals surface area contributed by atoms with E-state index in [9.17, 15) is 18.7 Å². The van der Waals surface area contributed by atoms with Gasteiger partial charge in [-0.15, -0.1) is 0 Å². The Morgan fingerprint density at radius 1 is 0.857 bits per heavy atom. The molecule has 1 amide bonds. The van der Waals surface area contributed by atoms with Crippen LogP contribution in [0.3, 0.4) is 0 Å². The third-order valence-corrected chi connectivity index (χ3v) is 6.65. The van der Waals surface area contributed by atoms with Crippen molar-refractivity contribution in [3.05, 3.63) is 125 Å². The van der Waals surface area contributed by atoms with E-state index in [2.05, 4.69) is 10.6 Å². The fraction of sp³-hybridized carbons (Fsp3) is 0.286. The van der Waals surface area contributed by atoms with Crippen LogP contribution in [0.4, 0.5) is 8.78 Å². The number of carbonyl (C=O) groups is 1. The SMILES string of the molecule is CC(C)(C)Oc1ccc(-c2ccccc2)c(CNC[C@@H](O)[C@H](Cc2cc(F)cc(F)c2)NC(=O)Cc2ccccc2)c1. The minimum atomic E-state index is -1.04. The van der Waals surface area contributed by atoms with Gasteiger partial charge >= 0.3 is 0 Å². The van der Waals surface area contributed by atoms with Crippen molar-refractivity contribution in [3.8, 4) is 16.9 Å². The Labute approximate surface area is 246 Å². The second-order valence-electron chi connectivity index (χ2n) is 11.4. The van der Waals surface area contributed by atoms with E-state index in [4.69, 9.17) is 4.74 Å². The maximum Gasteiger partial charge on any atom is 0.224 e. The smallest absolute Gasteiger partial charge is 0.224 e. The van der Waals surface area contributed by atoms with Crippen LogP contribution in [0, 0.1) is 11.6 Å². The average Bonchev–Trinajstić information content (AvgIpc) is 2.92. The molecule has 0 saturated heterocycles. The summed E-state index contributed by atoms with van der Waals surface area (Å²) in [6.07, 6.45) is -0.858. The lowest BCUT2D eigenvalue weighted by Gasteiger charge is -2.26. The summed E-state index contributed by atoms with van der Waals surface area (Å²) in [5.74, 6) is -0.977. The first-order chi connectivity index (χ1) is 20.1. The van der Waals surface area contributed by atoms with Crippen LogP contribution in [0.15, 0.2) is 97.1 Å². The van der Waals surface area contributed by atoms with Crippen LogP contribution in [0.1, 0.15) is 37.5 Å². The number of halogens is 2. The highest BCUT2D eigenvalue weighted by Crippen LogP contribution is 2.29. The van der Waals surface area contributed by atoms with Gasteiger partial charge in [-0.3, -0.25) is 4.79 Å². The Morgan fingerprint density at radius 3 is 2.14 bits per heavy atom. The molecule has 0 unspecified atom stereocenters. The van der Waals surface area contributed by atoms with Crippen molar-refractivity contribution in [3.63, 3.8) is 0 Å². The molecule has 4 aromatic rings. The second-order valence-corrected chi connectivity index (χ2v) is 11.4. The van der Waals surface area contributed by atoms with Crippen LogP contribution in [-0.2, 0) is 24.2 Å². The Balaban J connectivity index is 1.49. The van der Waals surface area contributed by atoms with E-state index in [0.717, 1.165) is 34.1 Å². The summed E-state index contributed by atoms with van der Waals surface area (Å²) in [6, 6.07) is 27.7. The number of hydrogen-bond acceptors (Lipinski definition) is 4. The summed E-state index contributed by atoms with van der Waals surface area (Å²) < 4.78 is 33.9. The normalized spacial score (nSPS) is 12.9. The van der Waals surface area contributed by atoms with E-state index in [1.54, 1.807) is 0 Å². The van der Waals surface area contributed by atoms with Crippen LogP contribution in [0.5, 0.6) is 5.75 Å². The van der Waals surface area contributed by atoms with Crippen molar-refractivity contribution in [1.82, 2.24) is 10.6 Å². The van der Waals surface area contributed by atoms with Gasteiger partial charge in [0.2, 0.25) is 5.91 Å². The van der Waals surface area contributed by atoms with Crippen molar-refractivity contribution in [2.24, 2.45) is 0 Å². The van der Waals surface area contributed by atoms with Gasteiger partial charge in [0.25, 0.3) is 0 Å². The molecule has 4 aromatic carbocycles. The van der Waals surface area contributed by atoms with Crippen molar-refractivity contribution in [2.75, 3.05) is 6.54 Å². The van der Waals surface area contributed by atoms with Gasteiger partial charge in [0.1, 0.15) is 23.0 Å². The number of aliphatic hydroxyl groups excluding tert-OH is 1. The minimum absolute atomic E-state index is 0.0578. The molecule has 42 heavy (non-hydrogen) atoms. The highest BCUT2D eigenvalue weighted by molar-refractivity contribution is 5.79. The third kappa shape index (κ3) is 9.50. The monoisotopic (exact) mass is 572 g/mol. The van der Waals surface area contributed by atoms with Crippen LogP contribution in [-0.4, -0.2) is 35.3 Å². The number of ether oxygens (including phenoxy) is 1. The van der Waals surface area contributed by atoms with Crippen LogP contribution in [0.2, 0.25) is 0 Å². The summed E-state index contributed by atoms with van der Waals surface area (Å²) in [7, 11) is 0. The van der Waals surface area contributed by atoms with Gasteiger partial charge in [-0.25, -0.2) is 8.78 Å². The van der Waals surface area contributed by atoms with Crippen LogP contribution in [0.25, 0.3) is 11.1 Å². The van der Waals surface area contributed by atoms with E-state index in [-0.39, 0.29) is 30.9 Å². The molecule has 5 nitrogen and oxygen atoms in total. The Bertz CT molecular complexity index is 1440. The standard InChI is InChI=1S/C35H38F2N2O3/c1-35(2,3)42-30-14-15-31(26-12-8-5-9-13-26)27(20-30)22-38-23-33(40)32(18-25-16-28(36)21-29(37)17-25)39-34(41)19-24-10-6-4-7-11-24/h4-17,20-21,32-33,38,40H,18-19,22-23H2,1-3H3,(H,39,41)/t32-,33+/m0/s1. The lowest BCUT2D eigenvalue weighted by atomic mass is 9.98. The molecule has 2 atom stereocenters. The molecule has 0 radical (unpaired) electrons. The fourth-order valence-corrected chi connectivity index (χ4v) is 4.83. The summed E-state index contributed by atoms with van der Waals surface area (Å²) in [5.41, 5.74) is 3.86. The largest absolute Gasteiger partial charge is 0.488 e. The molecule has 0 aliphatic carbocycles. The summed E-state index contributed by atoms with van der Waals surface area (Å²) in [4.78, 5) is 12.9. The highest BCUT2D eigenvalue weighted by Gasteiger charge is 2.23. The van der Waals surface area contributed by atoms with Crippen molar-refractivity contribution >= 4 is 5.91 Å². The maximum atomic E-state index is 13.9. The molecular formula is C35H38F2N2O3. The van der Waals surface area contributed by atoms with Gasteiger partial charge < -0.3 is 20.5 Å². The van der Waals surface area contributed by atoms with E-state index in [0.29, 0.717) is 12.1 Å². The molecule has 0 aliphatic rings. The summed E-state index contributed by atoms with van der Waals surface area (Å²) >= 11 is 0. The van der Waals surface area contributed by atoms with E-state index >= 15 is 0 Å². The molecule has 0 bridgehead atoms. The first kappa shape index (κ1) is 30.9. The summed E-state index contributed by atoms with van der Waals surface area (Å²) in [5, 5.41) is 17.4. The quantitative estimate of drug-likeness (QED) is 0.188. The molecule has 0 aromatic heterocycles. The first-order valence-corrected chi connectivity index (χ1v) is 14.1. The number of rotatable bonds is 12. The first-order valence-electron chi connectivity index (χ1n) is 14.1. The van der Waals surface area contributed by atoms with E-state index in [1.165, 1.54) is 12.1 Å². The Kier molecular flexibility index (Phi) is 10.4. The molecule has 0 spiro atoms. The van der Waals surface area contributed by atoms with Gasteiger partial charge in [0.15, 0.2) is 0 Å². The zero-order valence-electron chi connectivity index (χ0n) is 24.2. The molecular weight excluding hydrogens is 534 g/mol. The number of carbonyl (C=O) groups excluding carboxylic acids is 1. The highest BCUT2D eigenvalue weighted by atomic mass is 19.1. The van der Waals surface area contributed by atoms with Crippen molar-refractivity contribution < 1.29 is 23.4 Å². The second kappa shape index (κ2) is 14.2. The summed E-state index contributed by atoms with van der Waals surface area (Å²) in [6.45, 7) is 6.52. The predicted octanol–water partition coefficient (Wildman–Crippen LogP) is 6.23. The van der Waals surface area contributed by atoms with Gasteiger partial charge in [-0.1, -0.05) is 66.7 Å². The zero-order chi connectivity index (χ0) is 30.1. The van der Waals surface area contributed by atoms with Gasteiger partial charge in [-0.05, 0) is 79.3 Å². The van der Waals surface area contributed by atoms with E-state index < -0.39 is 23.8 Å². The number of amides is 1. The van der Waals surface area contributed by atoms with Gasteiger partial charge in [-0.2, -0.15) is 0 Å². The van der Waals surface area contributed by atoms with Gasteiger partial charge in [0.05, 0.1) is 18.6 Å². The fourth-order valence-electron chi connectivity index (χ4n) is 4.83. The topological polar surface area (TPSA) is 70.6 Å². The van der Waals surface area contributed by atoms with Crippen molar-refractivity contribution in [2.45, 2.75) is 57.9 Å². The van der Waals surface area contributed by atoms with Crippen LogP contribution < -0.4 is 15.4 Å². The average molecular weight is 573 g/mol. The number of hydrogen-bond donors (Lipinski definition) is 3. The molecule has 0 aliphatic heterocycles. The maximum absolute atomic E-state index is 13.9. The van der Waals surface area contributed by atoms with Crippen LogP contribution >= 0.6 is 0 Å². The molecule has 7 heteroatoms. The third-order valence-electron chi connectivity index (χ3n) is 6.65. The molecule has 220 valence electrons. The lowest BCUT2D eigenvalue weighted by Crippen LogP contribution is -2.49. The van der Waals surface area contributed by atoms with E-state index in [1.807, 2.05) is 99.6 Å². The predicted molar refractivity (Wildman–Crippen MR) is 162 cm³/mol.